The molecule has 1 heterocycles. The minimum Gasteiger partial charge on any atom is -0.468 e. The van der Waals surface area contributed by atoms with Crippen LogP contribution in [-0.2, 0) is 13.1 Å². The van der Waals surface area contributed by atoms with Gasteiger partial charge in [-0.3, -0.25) is 4.90 Å². The van der Waals surface area contributed by atoms with Crippen LogP contribution in [0.15, 0.2) is 41.0 Å². The highest BCUT2D eigenvalue weighted by molar-refractivity contribution is 5.37. The minimum atomic E-state index is -0.291. The summed E-state index contributed by atoms with van der Waals surface area (Å²) in [4.78, 5) is 1.97. The summed E-state index contributed by atoms with van der Waals surface area (Å²) in [5, 5.41) is 8.61. The molecule has 0 amide bonds. The second kappa shape index (κ2) is 6.90. The summed E-state index contributed by atoms with van der Waals surface area (Å²) < 4.78 is 19.2. The average molecular weight is 273 g/mol. The molecule has 0 bridgehead atoms. The van der Waals surface area contributed by atoms with E-state index in [1.54, 1.807) is 18.4 Å². The SMILES string of the molecule is CN(Cc1ccco1)Cc1ccc(C#CCO)cc1F. The molecule has 0 aliphatic heterocycles. The summed E-state index contributed by atoms with van der Waals surface area (Å²) >= 11 is 0. The van der Waals surface area contributed by atoms with E-state index in [0.29, 0.717) is 24.2 Å². The first-order valence-electron chi connectivity index (χ1n) is 6.28. The van der Waals surface area contributed by atoms with Gasteiger partial charge in [-0.05, 0) is 31.3 Å². The molecule has 0 fully saturated rings. The van der Waals surface area contributed by atoms with Crippen LogP contribution in [0.3, 0.4) is 0 Å². The fourth-order valence-electron chi connectivity index (χ4n) is 1.91. The number of rotatable bonds is 4. The normalized spacial score (nSPS) is 10.4. The number of aliphatic hydroxyl groups is 1. The zero-order valence-corrected chi connectivity index (χ0v) is 11.3. The number of furan rings is 1. The quantitative estimate of drug-likeness (QED) is 0.869. The molecule has 1 aromatic heterocycles. The van der Waals surface area contributed by atoms with Crippen molar-refractivity contribution < 1.29 is 13.9 Å². The zero-order chi connectivity index (χ0) is 14.4. The summed E-state index contributed by atoms with van der Waals surface area (Å²) in [5.41, 5.74) is 1.17. The van der Waals surface area contributed by atoms with Gasteiger partial charge in [0.1, 0.15) is 18.2 Å². The van der Waals surface area contributed by atoms with Gasteiger partial charge in [-0.25, -0.2) is 4.39 Å². The Morgan fingerprint density at radius 3 is 2.80 bits per heavy atom. The molecule has 0 spiro atoms. The van der Waals surface area contributed by atoms with E-state index in [1.165, 1.54) is 6.07 Å². The lowest BCUT2D eigenvalue weighted by Gasteiger charge is -2.15. The van der Waals surface area contributed by atoms with Crippen LogP contribution in [0.1, 0.15) is 16.9 Å². The van der Waals surface area contributed by atoms with Gasteiger partial charge in [0, 0.05) is 17.7 Å². The summed E-state index contributed by atoms with van der Waals surface area (Å²) in [6.07, 6.45) is 1.62. The average Bonchev–Trinajstić information content (AvgIpc) is 2.92. The van der Waals surface area contributed by atoms with E-state index in [-0.39, 0.29) is 12.4 Å². The van der Waals surface area contributed by atoms with Crippen molar-refractivity contribution in [1.29, 1.82) is 0 Å². The number of nitrogens with zero attached hydrogens (tertiary/aromatic N) is 1. The highest BCUT2D eigenvalue weighted by Gasteiger charge is 2.08. The lowest BCUT2D eigenvalue weighted by atomic mass is 10.1. The van der Waals surface area contributed by atoms with Crippen molar-refractivity contribution in [3.63, 3.8) is 0 Å². The summed E-state index contributed by atoms with van der Waals surface area (Å²) in [6.45, 7) is 0.883. The Hall–Kier alpha value is -2.09. The Balaban J connectivity index is 2.02. The molecule has 0 saturated heterocycles. The van der Waals surface area contributed by atoms with Gasteiger partial charge in [-0.1, -0.05) is 17.9 Å². The highest BCUT2D eigenvalue weighted by Crippen LogP contribution is 2.13. The van der Waals surface area contributed by atoms with E-state index in [9.17, 15) is 4.39 Å². The smallest absolute Gasteiger partial charge is 0.128 e. The maximum Gasteiger partial charge on any atom is 0.128 e. The summed E-state index contributed by atoms with van der Waals surface area (Å²) in [5.74, 6) is 5.74. The molecule has 4 heteroatoms. The topological polar surface area (TPSA) is 36.6 Å². The molecular formula is C16H16FNO2. The molecule has 104 valence electrons. The van der Waals surface area contributed by atoms with Gasteiger partial charge in [0.2, 0.25) is 0 Å². The van der Waals surface area contributed by atoms with Crippen LogP contribution in [0.2, 0.25) is 0 Å². The van der Waals surface area contributed by atoms with Crippen molar-refractivity contribution >= 4 is 0 Å². The molecule has 0 aliphatic rings. The van der Waals surface area contributed by atoms with E-state index in [0.717, 1.165) is 5.76 Å². The van der Waals surface area contributed by atoms with Crippen molar-refractivity contribution in [3.05, 3.63) is 59.3 Å². The number of hydrogen-bond acceptors (Lipinski definition) is 3. The number of benzene rings is 1. The predicted octanol–water partition coefficient (Wildman–Crippen LogP) is 2.39. The number of hydrogen-bond donors (Lipinski definition) is 1. The molecule has 2 rings (SSSR count). The molecule has 2 aromatic rings. The summed E-state index contributed by atoms with van der Waals surface area (Å²) in [6, 6.07) is 8.58. The molecule has 1 N–H and O–H groups in total. The van der Waals surface area contributed by atoms with Crippen LogP contribution >= 0.6 is 0 Å². The molecule has 3 nitrogen and oxygen atoms in total. The number of halogens is 1. The molecule has 0 aliphatic carbocycles. The second-order valence-electron chi connectivity index (χ2n) is 4.52. The molecule has 0 unspecified atom stereocenters. The van der Waals surface area contributed by atoms with Crippen molar-refractivity contribution in [1.82, 2.24) is 4.90 Å². The molecule has 0 saturated carbocycles. The Labute approximate surface area is 117 Å². The van der Waals surface area contributed by atoms with Crippen LogP contribution in [-0.4, -0.2) is 23.7 Å². The first-order chi connectivity index (χ1) is 9.69. The zero-order valence-electron chi connectivity index (χ0n) is 11.3. The van der Waals surface area contributed by atoms with Crippen LogP contribution < -0.4 is 0 Å². The van der Waals surface area contributed by atoms with E-state index in [1.807, 2.05) is 24.1 Å². The monoisotopic (exact) mass is 273 g/mol. The van der Waals surface area contributed by atoms with Crippen LogP contribution in [0.4, 0.5) is 4.39 Å². The first-order valence-corrected chi connectivity index (χ1v) is 6.28. The van der Waals surface area contributed by atoms with E-state index in [4.69, 9.17) is 9.52 Å². The Kier molecular flexibility index (Phi) is 4.94. The van der Waals surface area contributed by atoms with E-state index >= 15 is 0 Å². The highest BCUT2D eigenvalue weighted by atomic mass is 19.1. The lowest BCUT2D eigenvalue weighted by molar-refractivity contribution is 0.284. The van der Waals surface area contributed by atoms with Crippen LogP contribution in [0, 0.1) is 17.7 Å². The van der Waals surface area contributed by atoms with Gasteiger partial charge in [-0.2, -0.15) is 0 Å². The van der Waals surface area contributed by atoms with Crippen molar-refractivity contribution in [3.8, 4) is 11.8 Å². The third-order valence-electron chi connectivity index (χ3n) is 2.81. The Morgan fingerprint density at radius 1 is 1.30 bits per heavy atom. The molecule has 20 heavy (non-hydrogen) atoms. The lowest BCUT2D eigenvalue weighted by Crippen LogP contribution is -2.17. The van der Waals surface area contributed by atoms with Gasteiger partial charge in [0.25, 0.3) is 0 Å². The maximum absolute atomic E-state index is 13.9. The largest absolute Gasteiger partial charge is 0.468 e. The standard InChI is InChI=1S/C16H16FNO2/c1-18(12-15-5-3-9-20-15)11-14-7-6-13(4-2-8-19)10-16(14)17/h3,5-7,9-10,19H,8,11-12H2,1H3. The fourth-order valence-corrected chi connectivity index (χ4v) is 1.91. The molecule has 0 radical (unpaired) electrons. The summed E-state index contributed by atoms with van der Waals surface area (Å²) in [7, 11) is 1.90. The second-order valence-corrected chi connectivity index (χ2v) is 4.52. The third kappa shape index (κ3) is 3.95. The van der Waals surface area contributed by atoms with Gasteiger partial charge in [0.05, 0.1) is 12.8 Å². The van der Waals surface area contributed by atoms with Crippen LogP contribution in [0.5, 0.6) is 0 Å². The Morgan fingerprint density at radius 2 is 2.15 bits per heavy atom. The van der Waals surface area contributed by atoms with E-state index in [2.05, 4.69) is 11.8 Å². The molecule has 1 aromatic carbocycles. The number of aliphatic hydroxyl groups excluding tert-OH is 1. The fraction of sp³-hybridized carbons (Fsp3) is 0.250. The third-order valence-corrected chi connectivity index (χ3v) is 2.81. The van der Waals surface area contributed by atoms with Gasteiger partial charge >= 0.3 is 0 Å². The van der Waals surface area contributed by atoms with Gasteiger partial charge in [0.15, 0.2) is 0 Å². The van der Waals surface area contributed by atoms with Crippen molar-refractivity contribution in [2.24, 2.45) is 0 Å². The predicted molar refractivity (Wildman–Crippen MR) is 74.2 cm³/mol. The van der Waals surface area contributed by atoms with Gasteiger partial charge < -0.3 is 9.52 Å². The Bertz CT molecular complexity index is 611. The van der Waals surface area contributed by atoms with Crippen molar-refractivity contribution in [2.75, 3.05) is 13.7 Å². The van der Waals surface area contributed by atoms with Crippen LogP contribution in [0.25, 0.3) is 0 Å². The van der Waals surface area contributed by atoms with Gasteiger partial charge in [-0.15, -0.1) is 0 Å². The molecular weight excluding hydrogens is 257 g/mol. The van der Waals surface area contributed by atoms with E-state index < -0.39 is 0 Å². The first kappa shape index (κ1) is 14.3. The van der Waals surface area contributed by atoms with Crippen molar-refractivity contribution in [2.45, 2.75) is 13.1 Å². The molecule has 0 atom stereocenters. The maximum atomic E-state index is 13.9. The minimum absolute atomic E-state index is 0.227.